The predicted molar refractivity (Wildman–Crippen MR) is 72.6 cm³/mol. The zero-order valence-corrected chi connectivity index (χ0v) is 10.8. The zero-order valence-electron chi connectivity index (χ0n) is 10.8. The van der Waals surface area contributed by atoms with E-state index < -0.39 is 17.7 Å². The topological polar surface area (TPSA) is 26.3 Å². The minimum absolute atomic E-state index is 0.402. The highest BCUT2D eigenvalue weighted by atomic mass is 19.4. The Morgan fingerprint density at radius 2 is 1.57 bits per heavy atom. The molecule has 0 aromatic heterocycles. The molecule has 2 rings (SSSR count). The summed E-state index contributed by atoms with van der Waals surface area (Å²) in [6.45, 7) is 0. The summed E-state index contributed by atoms with van der Waals surface area (Å²) >= 11 is 0. The van der Waals surface area contributed by atoms with E-state index in [1.165, 1.54) is 18.2 Å². The molecular weight excluding hydrogens is 281 g/mol. The Labute approximate surface area is 119 Å². The highest BCUT2D eigenvalue weighted by Gasteiger charge is 2.29. The first kappa shape index (κ1) is 14.8. The van der Waals surface area contributed by atoms with Crippen LogP contribution in [0.4, 0.5) is 13.2 Å². The molecule has 0 amide bonds. The molecule has 0 unspecified atom stereocenters. The molecule has 0 heterocycles. The smallest absolute Gasteiger partial charge is 0.416 e. The lowest BCUT2D eigenvalue weighted by Gasteiger charge is -2.05. The van der Waals surface area contributed by atoms with Crippen molar-refractivity contribution in [2.75, 3.05) is 0 Å². The summed E-state index contributed by atoms with van der Waals surface area (Å²) in [5, 5.41) is 0. The Morgan fingerprint density at radius 1 is 0.952 bits per heavy atom. The van der Waals surface area contributed by atoms with E-state index in [0.717, 1.165) is 18.2 Å². The molecule has 2 aromatic rings. The summed E-state index contributed by atoms with van der Waals surface area (Å²) in [6.07, 6.45) is -1.81. The van der Waals surface area contributed by atoms with E-state index in [2.05, 4.69) is 0 Å². The fourth-order valence-electron chi connectivity index (χ4n) is 1.59. The molecule has 0 radical (unpaired) electrons. The van der Waals surface area contributed by atoms with Gasteiger partial charge >= 0.3 is 12.1 Å². The molecule has 2 aromatic carbocycles. The van der Waals surface area contributed by atoms with Crippen molar-refractivity contribution in [3.05, 3.63) is 71.8 Å². The average Bonchev–Trinajstić information content (AvgIpc) is 2.46. The number of ether oxygens (including phenoxy) is 1. The van der Waals surface area contributed by atoms with Crippen LogP contribution >= 0.6 is 0 Å². The molecule has 0 bridgehead atoms. The van der Waals surface area contributed by atoms with Crippen LogP contribution in [0.3, 0.4) is 0 Å². The van der Waals surface area contributed by atoms with Crippen molar-refractivity contribution >= 4 is 12.0 Å². The first-order valence-electron chi connectivity index (χ1n) is 6.07. The molecular formula is C16H11F3O2. The lowest BCUT2D eigenvalue weighted by atomic mass is 10.1. The van der Waals surface area contributed by atoms with E-state index in [-0.39, 0.29) is 0 Å². The number of esters is 1. The Morgan fingerprint density at radius 3 is 2.14 bits per heavy atom. The van der Waals surface area contributed by atoms with Gasteiger partial charge in [0.1, 0.15) is 5.75 Å². The van der Waals surface area contributed by atoms with E-state index in [1.807, 2.05) is 0 Å². The Kier molecular flexibility index (Phi) is 4.42. The van der Waals surface area contributed by atoms with Gasteiger partial charge in [-0.15, -0.1) is 0 Å². The number of carbonyl (C=O) groups excluding carboxylic acids is 1. The second-order valence-corrected chi connectivity index (χ2v) is 4.19. The van der Waals surface area contributed by atoms with Gasteiger partial charge in [0, 0.05) is 6.08 Å². The van der Waals surface area contributed by atoms with Crippen LogP contribution in [0.1, 0.15) is 11.1 Å². The van der Waals surface area contributed by atoms with E-state index >= 15 is 0 Å². The maximum atomic E-state index is 12.4. The third kappa shape index (κ3) is 4.49. The third-order valence-corrected chi connectivity index (χ3v) is 2.61. The number of alkyl halides is 3. The SMILES string of the molecule is O=C(/C=C/c1ccc(C(F)(F)F)cc1)Oc1ccccc1. The monoisotopic (exact) mass is 292 g/mol. The first-order chi connectivity index (χ1) is 9.95. The van der Waals surface area contributed by atoms with Gasteiger partial charge in [-0.2, -0.15) is 13.2 Å². The van der Waals surface area contributed by atoms with Gasteiger partial charge in [-0.05, 0) is 35.9 Å². The van der Waals surface area contributed by atoms with Crippen LogP contribution in [-0.4, -0.2) is 5.97 Å². The van der Waals surface area contributed by atoms with Crippen LogP contribution in [-0.2, 0) is 11.0 Å². The molecule has 0 fully saturated rings. The van der Waals surface area contributed by atoms with Gasteiger partial charge in [-0.25, -0.2) is 4.79 Å². The maximum absolute atomic E-state index is 12.4. The van der Waals surface area contributed by atoms with Crippen LogP contribution in [0.25, 0.3) is 6.08 Å². The van der Waals surface area contributed by atoms with Crippen molar-refractivity contribution in [1.82, 2.24) is 0 Å². The number of hydrogen-bond donors (Lipinski definition) is 0. The molecule has 0 saturated carbocycles. The molecule has 0 saturated heterocycles. The minimum Gasteiger partial charge on any atom is -0.423 e. The predicted octanol–water partition coefficient (Wildman–Crippen LogP) is 4.32. The van der Waals surface area contributed by atoms with Crippen molar-refractivity contribution < 1.29 is 22.7 Å². The van der Waals surface area contributed by atoms with E-state index in [1.54, 1.807) is 30.3 Å². The molecule has 0 aliphatic rings. The molecule has 0 aliphatic carbocycles. The largest absolute Gasteiger partial charge is 0.423 e. The average molecular weight is 292 g/mol. The van der Waals surface area contributed by atoms with Crippen LogP contribution in [0.5, 0.6) is 5.75 Å². The quantitative estimate of drug-likeness (QED) is 0.478. The molecule has 0 atom stereocenters. The zero-order chi connectivity index (χ0) is 15.3. The maximum Gasteiger partial charge on any atom is 0.416 e. The van der Waals surface area contributed by atoms with Crippen molar-refractivity contribution in [3.8, 4) is 5.75 Å². The number of rotatable bonds is 3. The molecule has 0 aliphatic heterocycles. The second-order valence-electron chi connectivity index (χ2n) is 4.19. The molecule has 21 heavy (non-hydrogen) atoms. The summed E-state index contributed by atoms with van der Waals surface area (Å²) in [7, 11) is 0. The summed E-state index contributed by atoms with van der Waals surface area (Å²) in [4.78, 5) is 11.5. The van der Waals surface area contributed by atoms with Crippen molar-refractivity contribution in [1.29, 1.82) is 0 Å². The molecule has 0 N–H and O–H groups in total. The van der Waals surface area contributed by atoms with Gasteiger partial charge in [-0.1, -0.05) is 30.3 Å². The van der Waals surface area contributed by atoms with Gasteiger partial charge in [0.2, 0.25) is 0 Å². The summed E-state index contributed by atoms with van der Waals surface area (Å²) in [5.74, 6) is -0.194. The van der Waals surface area contributed by atoms with E-state index in [9.17, 15) is 18.0 Å². The highest BCUT2D eigenvalue weighted by Crippen LogP contribution is 2.29. The van der Waals surface area contributed by atoms with Crippen LogP contribution in [0.2, 0.25) is 0 Å². The van der Waals surface area contributed by atoms with Gasteiger partial charge < -0.3 is 4.74 Å². The molecule has 0 spiro atoms. The summed E-state index contributed by atoms with van der Waals surface area (Å²) in [5.41, 5.74) is -0.250. The standard InChI is InChI=1S/C16H11F3O2/c17-16(18,19)13-9-6-12(7-10-13)8-11-15(20)21-14-4-2-1-3-5-14/h1-11H/b11-8+. The Balaban J connectivity index is 1.99. The Bertz CT molecular complexity index is 629. The molecule has 5 heteroatoms. The van der Waals surface area contributed by atoms with Gasteiger partial charge in [-0.3, -0.25) is 0 Å². The minimum atomic E-state index is -4.37. The normalized spacial score (nSPS) is 11.6. The lowest BCUT2D eigenvalue weighted by Crippen LogP contribution is -2.04. The third-order valence-electron chi connectivity index (χ3n) is 2.61. The van der Waals surface area contributed by atoms with Crippen molar-refractivity contribution in [2.45, 2.75) is 6.18 Å². The lowest BCUT2D eigenvalue weighted by molar-refractivity contribution is -0.137. The van der Waals surface area contributed by atoms with E-state index in [4.69, 9.17) is 4.74 Å². The number of halogens is 3. The summed E-state index contributed by atoms with van der Waals surface area (Å²) in [6, 6.07) is 13.0. The van der Waals surface area contributed by atoms with Crippen LogP contribution in [0.15, 0.2) is 60.7 Å². The number of carbonyl (C=O) groups is 1. The van der Waals surface area contributed by atoms with E-state index in [0.29, 0.717) is 11.3 Å². The van der Waals surface area contributed by atoms with Crippen molar-refractivity contribution in [2.24, 2.45) is 0 Å². The highest BCUT2D eigenvalue weighted by molar-refractivity contribution is 5.88. The number of para-hydroxylation sites is 1. The summed E-state index contributed by atoms with van der Waals surface area (Å²) < 4.78 is 42.2. The number of hydrogen-bond acceptors (Lipinski definition) is 2. The van der Waals surface area contributed by atoms with Gasteiger partial charge in [0.15, 0.2) is 0 Å². The van der Waals surface area contributed by atoms with Crippen LogP contribution in [0, 0.1) is 0 Å². The molecule has 108 valence electrons. The second kappa shape index (κ2) is 6.26. The Hall–Kier alpha value is -2.56. The first-order valence-corrected chi connectivity index (χ1v) is 6.07. The fourth-order valence-corrected chi connectivity index (χ4v) is 1.59. The van der Waals surface area contributed by atoms with Crippen LogP contribution < -0.4 is 4.74 Å². The van der Waals surface area contributed by atoms with Gasteiger partial charge in [0.25, 0.3) is 0 Å². The fraction of sp³-hybridized carbons (Fsp3) is 0.0625. The molecule has 2 nitrogen and oxygen atoms in total. The van der Waals surface area contributed by atoms with Crippen molar-refractivity contribution in [3.63, 3.8) is 0 Å². The van der Waals surface area contributed by atoms with Gasteiger partial charge in [0.05, 0.1) is 5.56 Å². The number of benzene rings is 2.